The second kappa shape index (κ2) is 5.81. The van der Waals surface area contributed by atoms with Gasteiger partial charge in [0.1, 0.15) is 10.6 Å². The molecule has 100 valence electrons. The molecule has 1 aromatic heterocycles. The van der Waals surface area contributed by atoms with Crippen molar-refractivity contribution in [2.24, 2.45) is 0 Å². The second-order valence-corrected chi connectivity index (χ2v) is 5.53. The zero-order valence-electron chi connectivity index (χ0n) is 10.4. The summed E-state index contributed by atoms with van der Waals surface area (Å²) in [5.74, 6) is 0.316. The van der Waals surface area contributed by atoms with Gasteiger partial charge in [0.2, 0.25) is 10.0 Å². The largest absolute Gasteiger partial charge is 0.495 e. The maximum Gasteiger partial charge on any atom is 0.244 e. The first-order chi connectivity index (χ1) is 9.13. The van der Waals surface area contributed by atoms with Crippen LogP contribution in [0.1, 0.15) is 5.69 Å². The Morgan fingerprint density at radius 2 is 1.89 bits per heavy atom. The van der Waals surface area contributed by atoms with E-state index in [4.69, 9.17) is 4.74 Å². The van der Waals surface area contributed by atoms with Gasteiger partial charge in [0.15, 0.2) is 0 Å². The lowest BCUT2D eigenvalue weighted by Crippen LogP contribution is -2.24. The molecule has 0 atom stereocenters. The van der Waals surface area contributed by atoms with Crippen molar-refractivity contribution >= 4 is 10.0 Å². The summed E-state index contributed by atoms with van der Waals surface area (Å²) < 4.78 is 31.9. The molecule has 1 aromatic carbocycles. The molecule has 0 saturated heterocycles. The van der Waals surface area contributed by atoms with Gasteiger partial charge in [0.25, 0.3) is 0 Å². The molecule has 19 heavy (non-hydrogen) atoms. The molecule has 6 heteroatoms. The van der Waals surface area contributed by atoms with Crippen LogP contribution in [-0.4, -0.2) is 20.5 Å². The van der Waals surface area contributed by atoms with Gasteiger partial charge in [-0.25, -0.2) is 13.1 Å². The second-order valence-electron chi connectivity index (χ2n) is 3.80. The number of benzene rings is 1. The van der Waals surface area contributed by atoms with E-state index in [-0.39, 0.29) is 11.4 Å². The van der Waals surface area contributed by atoms with Crippen LogP contribution in [0.5, 0.6) is 5.75 Å². The van der Waals surface area contributed by atoms with E-state index in [0.29, 0.717) is 11.4 Å². The Balaban J connectivity index is 2.19. The molecule has 0 amide bonds. The minimum absolute atomic E-state index is 0.119. The van der Waals surface area contributed by atoms with Gasteiger partial charge < -0.3 is 4.74 Å². The lowest BCUT2D eigenvalue weighted by atomic mass is 10.3. The number of rotatable bonds is 5. The Morgan fingerprint density at radius 3 is 2.58 bits per heavy atom. The molecule has 0 radical (unpaired) electrons. The SMILES string of the molecule is COc1ccccc1S(=O)(=O)NCc1ccccn1. The van der Waals surface area contributed by atoms with Gasteiger partial charge >= 0.3 is 0 Å². The topological polar surface area (TPSA) is 68.3 Å². The van der Waals surface area contributed by atoms with Crippen LogP contribution in [0.2, 0.25) is 0 Å². The summed E-state index contributed by atoms with van der Waals surface area (Å²) in [5.41, 5.74) is 0.654. The van der Waals surface area contributed by atoms with Crippen molar-refractivity contribution in [2.45, 2.75) is 11.4 Å². The van der Waals surface area contributed by atoms with Crippen molar-refractivity contribution in [2.75, 3.05) is 7.11 Å². The summed E-state index contributed by atoms with van der Waals surface area (Å²) in [6.45, 7) is 0.140. The van der Waals surface area contributed by atoms with Gasteiger partial charge in [-0.3, -0.25) is 4.98 Å². The molecule has 0 saturated carbocycles. The molecule has 5 nitrogen and oxygen atoms in total. The molecule has 0 aliphatic carbocycles. The number of aromatic nitrogens is 1. The maximum atomic E-state index is 12.2. The van der Waals surface area contributed by atoms with Crippen LogP contribution < -0.4 is 9.46 Å². The Morgan fingerprint density at radius 1 is 1.16 bits per heavy atom. The zero-order chi connectivity index (χ0) is 13.7. The van der Waals surface area contributed by atoms with E-state index in [0.717, 1.165) is 0 Å². The first kappa shape index (κ1) is 13.5. The van der Waals surface area contributed by atoms with E-state index >= 15 is 0 Å². The van der Waals surface area contributed by atoms with Gasteiger partial charge in [-0.15, -0.1) is 0 Å². The minimum atomic E-state index is -3.62. The number of sulfonamides is 1. The van der Waals surface area contributed by atoms with Crippen molar-refractivity contribution < 1.29 is 13.2 Å². The Kier molecular flexibility index (Phi) is 4.13. The number of ether oxygens (including phenoxy) is 1. The summed E-state index contributed by atoms with van der Waals surface area (Å²) in [5, 5.41) is 0. The molecule has 0 bridgehead atoms. The van der Waals surface area contributed by atoms with E-state index in [9.17, 15) is 8.42 Å². The molecular weight excluding hydrogens is 264 g/mol. The lowest BCUT2D eigenvalue weighted by molar-refractivity contribution is 0.402. The third-order valence-electron chi connectivity index (χ3n) is 2.53. The summed E-state index contributed by atoms with van der Waals surface area (Å²) in [7, 11) is -2.18. The molecule has 2 rings (SSSR count). The molecule has 0 fully saturated rings. The smallest absolute Gasteiger partial charge is 0.244 e. The van der Waals surface area contributed by atoms with Gasteiger partial charge in [0, 0.05) is 6.20 Å². The van der Waals surface area contributed by atoms with Crippen molar-refractivity contribution in [1.82, 2.24) is 9.71 Å². The molecule has 0 spiro atoms. The summed E-state index contributed by atoms with van der Waals surface area (Å²) in [4.78, 5) is 4.18. The van der Waals surface area contributed by atoms with E-state index in [1.165, 1.54) is 13.2 Å². The van der Waals surface area contributed by atoms with Gasteiger partial charge in [0.05, 0.1) is 19.3 Å². The number of pyridine rings is 1. The fourth-order valence-electron chi connectivity index (χ4n) is 1.59. The van der Waals surface area contributed by atoms with E-state index in [2.05, 4.69) is 9.71 Å². The summed E-state index contributed by atoms with van der Waals surface area (Å²) in [6, 6.07) is 11.8. The first-order valence-corrected chi connectivity index (χ1v) is 7.14. The molecule has 2 aromatic rings. The Labute approximate surface area is 112 Å². The standard InChI is InChI=1S/C13H14N2O3S/c1-18-12-7-2-3-8-13(12)19(16,17)15-10-11-6-4-5-9-14-11/h2-9,15H,10H2,1H3. The Hall–Kier alpha value is -1.92. The van der Waals surface area contributed by atoms with Crippen molar-refractivity contribution in [3.63, 3.8) is 0 Å². The van der Waals surface area contributed by atoms with Crippen LogP contribution in [0.15, 0.2) is 53.6 Å². The minimum Gasteiger partial charge on any atom is -0.495 e. The van der Waals surface area contributed by atoms with E-state index in [1.54, 1.807) is 42.6 Å². The number of para-hydroxylation sites is 1. The number of hydrogen-bond donors (Lipinski definition) is 1. The summed E-state index contributed by atoms with van der Waals surface area (Å²) in [6.07, 6.45) is 1.62. The normalized spacial score (nSPS) is 11.2. The monoisotopic (exact) mass is 278 g/mol. The molecule has 0 aliphatic heterocycles. The van der Waals surface area contributed by atoms with Gasteiger partial charge in [-0.05, 0) is 24.3 Å². The predicted molar refractivity (Wildman–Crippen MR) is 71.3 cm³/mol. The molecule has 0 aliphatic rings. The van der Waals surface area contributed by atoms with E-state index in [1.807, 2.05) is 0 Å². The van der Waals surface area contributed by atoms with Crippen LogP contribution >= 0.6 is 0 Å². The van der Waals surface area contributed by atoms with E-state index < -0.39 is 10.0 Å². The highest BCUT2D eigenvalue weighted by Crippen LogP contribution is 2.22. The van der Waals surface area contributed by atoms with Crippen LogP contribution in [0, 0.1) is 0 Å². The zero-order valence-corrected chi connectivity index (χ0v) is 11.2. The van der Waals surface area contributed by atoms with Gasteiger partial charge in [-0.1, -0.05) is 18.2 Å². The van der Waals surface area contributed by atoms with Crippen molar-refractivity contribution in [3.8, 4) is 5.75 Å². The van der Waals surface area contributed by atoms with Crippen LogP contribution in [0.25, 0.3) is 0 Å². The average Bonchev–Trinajstić information content (AvgIpc) is 2.46. The summed E-state index contributed by atoms with van der Waals surface area (Å²) >= 11 is 0. The van der Waals surface area contributed by atoms with Gasteiger partial charge in [-0.2, -0.15) is 0 Å². The first-order valence-electron chi connectivity index (χ1n) is 5.66. The van der Waals surface area contributed by atoms with Crippen LogP contribution in [0.4, 0.5) is 0 Å². The van der Waals surface area contributed by atoms with Crippen molar-refractivity contribution in [3.05, 3.63) is 54.4 Å². The highest BCUT2D eigenvalue weighted by Gasteiger charge is 2.18. The molecule has 1 heterocycles. The van der Waals surface area contributed by atoms with Crippen LogP contribution in [0.3, 0.4) is 0 Å². The number of nitrogens with one attached hydrogen (secondary N) is 1. The highest BCUT2D eigenvalue weighted by molar-refractivity contribution is 7.89. The number of hydrogen-bond acceptors (Lipinski definition) is 4. The third kappa shape index (κ3) is 3.30. The fourth-order valence-corrected chi connectivity index (χ4v) is 2.76. The predicted octanol–water partition coefficient (Wildman–Crippen LogP) is 1.57. The van der Waals surface area contributed by atoms with Crippen molar-refractivity contribution in [1.29, 1.82) is 0 Å². The average molecular weight is 278 g/mol. The number of methoxy groups -OCH3 is 1. The van der Waals surface area contributed by atoms with Crippen LogP contribution in [-0.2, 0) is 16.6 Å². The third-order valence-corrected chi connectivity index (χ3v) is 3.97. The molecule has 1 N–H and O–H groups in total. The molecule has 0 unspecified atom stereocenters. The Bertz CT molecular complexity index is 642. The molecular formula is C13H14N2O3S. The lowest BCUT2D eigenvalue weighted by Gasteiger charge is -2.10. The maximum absolute atomic E-state index is 12.2. The fraction of sp³-hybridized carbons (Fsp3) is 0.154. The highest BCUT2D eigenvalue weighted by atomic mass is 32.2. The number of nitrogens with zero attached hydrogens (tertiary/aromatic N) is 1. The quantitative estimate of drug-likeness (QED) is 0.901.